The lowest BCUT2D eigenvalue weighted by Gasteiger charge is -2.30. The minimum absolute atomic E-state index is 0.256. The molecular formula is C27H39N7O3S. The van der Waals surface area contributed by atoms with Crippen molar-refractivity contribution in [1.82, 2.24) is 24.9 Å². The van der Waals surface area contributed by atoms with E-state index in [-0.39, 0.29) is 10.8 Å². The molecule has 0 radical (unpaired) electrons. The van der Waals surface area contributed by atoms with Gasteiger partial charge in [-0.1, -0.05) is 19.9 Å². The van der Waals surface area contributed by atoms with Gasteiger partial charge in [-0.05, 0) is 69.2 Å². The predicted molar refractivity (Wildman–Crippen MR) is 149 cm³/mol. The Balaban J connectivity index is 1.54. The standard InChI is InChI=1S/C27H39N7O3S/c1-19(2)23-17-30-34-25(23)31-27-32-26(34)29-16-21-7-8-22(38(3,35)36)15-24(21)37-14-6-4-5-13-33(27)18-20-9-11-28-12-10-20/h7-8,15,17,19-20,28H,4-6,9-14,16,18H2,1-3H3,(H,29,31,32). The zero-order valence-electron chi connectivity index (χ0n) is 22.6. The Morgan fingerprint density at radius 2 is 1.95 bits per heavy atom. The molecule has 0 aliphatic carbocycles. The minimum atomic E-state index is -3.34. The van der Waals surface area contributed by atoms with E-state index >= 15 is 0 Å². The maximum absolute atomic E-state index is 12.2. The quantitative estimate of drug-likeness (QED) is 0.511. The van der Waals surface area contributed by atoms with Crippen molar-refractivity contribution < 1.29 is 13.2 Å². The van der Waals surface area contributed by atoms with Gasteiger partial charge in [-0.3, -0.25) is 0 Å². The molecule has 5 rings (SSSR count). The Morgan fingerprint density at radius 3 is 2.71 bits per heavy atom. The van der Waals surface area contributed by atoms with Crippen molar-refractivity contribution in [3.8, 4) is 5.75 Å². The van der Waals surface area contributed by atoms with Crippen molar-refractivity contribution >= 4 is 27.4 Å². The largest absolute Gasteiger partial charge is 0.493 e. The number of ether oxygens (including phenoxy) is 1. The number of benzene rings is 1. The van der Waals surface area contributed by atoms with E-state index < -0.39 is 9.84 Å². The van der Waals surface area contributed by atoms with Crippen LogP contribution in [0.5, 0.6) is 5.75 Å². The van der Waals surface area contributed by atoms with E-state index in [0.717, 1.165) is 81.0 Å². The number of fused-ring (bicyclic) bond motifs is 5. The monoisotopic (exact) mass is 541 g/mol. The Kier molecular flexibility index (Phi) is 8.04. The molecule has 1 aromatic carbocycles. The molecule has 38 heavy (non-hydrogen) atoms. The summed E-state index contributed by atoms with van der Waals surface area (Å²) >= 11 is 0. The molecule has 1 fully saturated rings. The molecule has 2 aliphatic rings. The van der Waals surface area contributed by atoms with Gasteiger partial charge in [0.2, 0.25) is 11.9 Å². The number of sulfone groups is 1. The molecule has 0 unspecified atom stereocenters. The average Bonchev–Trinajstić information content (AvgIpc) is 3.33. The third-order valence-electron chi connectivity index (χ3n) is 7.46. The Bertz CT molecular complexity index is 1370. The van der Waals surface area contributed by atoms with Crippen molar-refractivity contribution in [2.75, 3.05) is 49.3 Å². The summed E-state index contributed by atoms with van der Waals surface area (Å²) in [6.45, 7) is 9.19. The number of rotatable bonds is 4. The number of nitrogens with one attached hydrogen (secondary N) is 2. The lowest BCUT2D eigenvalue weighted by Crippen LogP contribution is -2.37. The van der Waals surface area contributed by atoms with Crippen LogP contribution < -0.4 is 20.3 Å². The molecule has 2 aromatic heterocycles. The highest BCUT2D eigenvalue weighted by Gasteiger charge is 2.23. The number of piperidine rings is 1. The summed E-state index contributed by atoms with van der Waals surface area (Å²) in [6.07, 6.45) is 8.31. The van der Waals surface area contributed by atoms with Crippen molar-refractivity contribution in [3.63, 3.8) is 0 Å². The van der Waals surface area contributed by atoms with E-state index in [1.165, 1.54) is 6.26 Å². The van der Waals surface area contributed by atoms with Gasteiger partial charge in [0, 0.05) is 37.0 Å². The summed E-state index contributed by atoms with van der Waals surface area (Å²) < 4.78 is 32.2. The molecule has 11 heteroatoms. The zero-order chi connectivity index (χ0) is 26.7. The van der Waals surface area contributed by atoms with Crippen molar-refractivity contribution in [2.45, 2.75) is 63.3 Å². The number of hydrogen-bond acceptors (Lipinski definition) is 9. The van der Waals surface area contributed by atoms with E-state index in [1.807, 2.05) is 12.3 Å². The van der Waals surface area contributed by atoms with Crippen LogP contribution in [-0.4, -0.2) is 67.0 Å². The van der Waals surface area contributed by atoms with Gasteiger partial charge in [-0.15, -0.1) is 0 Å². The highest BCUT2D eigenvalue weighted by molar-refractivity contribution is 7.90. The zero-order valence-corrected chi connectivity index (χ0v) is 23.4. The van der Waals surface area contributed by atoms with E-state index in [4.69, 9.17) is 14.7 Å². The highest BCUT2D eigenvalue weighted by atomic mass is 32.2. The topological polar surface area (TPSA) is 114 Å². The van der Waals surface area contributed by atoms with Crippen LogP contribution in [-0.2, 0) is 16.4 Å². The molecule has 3 aromatic rings. The van der Waals surface area contributed by atoms with Gasteiger partial charge in [-0.25, -0.2) is 8.42 Å². The van der Waals surface area contributed by atoms with Crippen LogP contribution in [0.4, 0.5) is 11.9 Å². The van der Waals surface area contributed by atoms with Crippen LogP contribution in [0.25, 0.3) is 5.65 Å². The molecule has 1 saturated heterocycles. The summed E-state index contributed by atoms with van der Waals surface area (Å²) in [6, 6.07) is 5.08. The maximum atomic E-state index is 12.2. The van der Waals surface area contributed by atoms with Gasteiger partial charge in [0.25, 0.3) is 0 Å². The van der Waals surface area contributed by atoms with Gasteiger partial charge in [0.1, 0.15) is 5.75 Å². The van der Waals surface area contributed by atoms with Gasteiger partial charge >= 0.3 is 0 Å². The Morgan fingerprint density at radius 1 is 1.13 bits per heavy atom. The number of anilines is 2. The van der Waals surface area contributed by atoms with Gasteiger partial charge < -0.3 is 20.3 Å². The van der Waals surface area contributed by atoms with E-state index in [9.17, 15) is 8.42 Å². The lowest BCUT2D eigenvalue weighted by atomic mass is 9.97. The first-order valence-corrected chi connectivity index (χ1v) is 15.6. The number of aromatic nitrogens is 4. The van der Waals surface area contributed by atoms with Crippen LogP contribution in [0.15, 0.2) is 29.3 Å². The van der Waals surface area contributed by atoms with Crippen LogP contribution in [0.2, 0.25) is 0 Å². The summed E-state index contributed by atoms with van der Waals surface area (Å²) in [7, 11) is -3.34. The molecule has 2 aliphatic heterocycles. The minimum Gasteiger partial charge on any atom is -0.493 e. The average molecular weight is 542 g/mol. The second kappa shape index (κ2) is 11.4. The first-order valence-electron chi connectivity index (χ1n) is 13.7. The van der Waals surface area contributed by atoms with Crippen molar-refractivity contribution in [2.24, 2.45) is 5.92 Å². The van der Waals surface area contributed by atoms with Crippen LogP contribution in [0, 0.1) is 5.92 Å². The van der Waals surface area contributed by atoms with Crippen LogP contribution >= 0.6 is 0 Å². The van der Waals surface area contributed by atoms with Crippen molar-refractivity contribution in [3.05, 3.63) is 35.5 Å². The SMILES string of the molecule is CC(C)c1cnn2c3nc(nc12)N(CC1CCNCC1)CCCCCOc1cc(S(C)(=O)=O)ccc1CN3. The van der Waals surface area contributed by atoms with Gasteiger partial charge in [0.05, 0.1) is 17.7 Å². The molecule has 0 spiro atoms. The molecule has 2 N–H and O–H groups in total. The number of hydrogen-bond donors (Lipinski definition) is 2. The fraction of sp³-hybridized carbons (Fsp3) is 0.593. The first-order chi connectivity index (χ1) is 18.3. The Hall–Kier alpha value is -2.92. The smallest absolute Gasteiger partial charge is 0.230 e. The van der Waals surface area contributed by atoms with Crippen LogP contribution in [0.1, 0.15) is 63.0 Å². The summed E-state index contributed by atoms with van der Waals surface area (Å²) in [5.74, 6) is 2.82. The third kappa shape index (κ3) is 6.04. The molecule has 0 atom stereocenters. The second-order valence-corrected chi connectivity index (χ2v) is 12.8. The fourth-order valence-electron chi connectivity index (χ4n) is 5.18. The van der Waals surface area contributed by atoms with Crippen LogP contribution in [0.3, 0.4) is 0 Å². The molecule has 4 heterocycles. The summed E-state index contributed by atoms with van der Waals surface area (Å²) in [5.41, 5.74) is 2.77. The predicted octanol–water partition coefficient (Wildman–Crippen LogP) is 3.63. The maximum Gasteiger partial charge on any atom is 0.230 e. The Labute approximate surface area is 225 Å². The summed E-state index contributed by atoms with van der Waals surface area (Å²) in [4.78, 5) is 12.7. The molecule has 0 amide bonds. The first kappa shape index (κ1) is 26.7. The number of nitrogens with zero attached hydrogens (tertiary/aromatic N) is 5. The van der Waals surface area contributed by atoms with E-state index in [0.29, 0.717) is 30.8 Å². The van der Waals surface area contributed by atoms with Gasteiger partial charge in [-0.2, -0.15) is 19.6 Å². The molecule has 2 bridgehead atoms. The molecular weight excluding hydrogens is 502 g/mol. The second-order valence-electron chi connectivity index (χ2n) is 10.8. The van der Waals surface area contributed by atoms with Crippen molar-refractivity contribution in [1.29, 1.82) is 0 Å². The fourth-order valence-corrected chi connectivity index (χ4v) is 5.82. The third-order valence-corrected chi connectivity index (χ3v) is 8.57. The normalized spacial score (nSPS) is 18.1. The van der Waals surface area contributed by atoms with E-state index in [1.54, 1.807) is 16.6 Å². The molecule has 0 saturated carbocycles. The van der Waals surface area contributed by atoms with E-state index in [2.05, 4.69) is 34.5 Å². The molecule has 206 valence electrons. The lowest BCUT2D eigenvalue weighted by molar-refractivity contribution is 0.301. The molecule has 10 nitrogen and oxygen atoms in total. The highest BCUT2D eigenvalue weighted by Crippen LogP contribution is 2.28. The summed E-state index contributed by atoms with van der Waals surface area (Å²) in [5, 5.41) is 11.5. The van der Waals surface area contributed by atoms with Gasteiger partial charge in [0.15, 0.2) is 15.5 Å².